The van der Waals surface area contributed by atoms with Gasteiger partial charge in [0.2, 0.25) is 0 Å². The van der Waals surface area contributed by atoms with Crippen LogP contribution in [0.5, 0.6) is 0 Å². The molecule has 0 spiro atoms. The Labute approximate surface area is 75.6 Å². The van der Waals surface area contributed by atoms with E-state index in [-0.39, 0.29) is 6.42 Å². The van der Waals surface area contributed by atoms with Crippen LogP contribution in [0.25, 0.3) is 0 Å². The molecule has 0 atom stereocenters. The minimum absolute atomic E-state index is 0.261. The fraction of sp³-hybridized carbons (Fsp3) is 0.600. The summed E-state index contributed by atoms with van der Waals surface area (Å²) in [6.45, 7) is 0. The number of aliphatic carboxylic acids is 2. The Balaban J connectivity index is 3.98. The molecule has 0 fully saturated rings. The van der Waals surface area contributed by atoms with E-state index in [1.54, 1.807) is 0 Å². The van der Waals surface area contributed by atoms with Crippen molar-refractivity contribution in [2.75, 3.05) is 0 Å². The number of hydrogen-bond acceptors (Lipinski definition) is 2. The summed E-state index contributed by atoms with van der Waals surface area (Å²) < 4.78 is 0.712. The van der Waals surface area contributed by atoms with Crippen molar-refractivity contribution in [2.45, 2.75) is 10.1 Å². The molecule has 0 aromatic rings. The first-order valence-electron chi connectivity index (χ1n) is 3.05. The summed E-state index contributed by atoms with van der Waals surface area (Å²) in [6.07, 6.45) is 0.261. The molecule has 0 radical (unpaired) electrons. The summed E-state index contributed by atoms with van der Waals surface area (Å²) in [5, 5.41) is 16.6. The molecule has 0 bridgehead atoms. The summed E-state index contributed by atoms with van der Waals surface area (Å²) in [5.41, 5.74) is 0. The van der Waals surface area contributed by atoms with E-state index in [0.29, 0.717) is 3.67 Å². The summed E-state index contributed by atoms with van der Waals surface area (Å²) in [5.74, 6) is -3.66. The third-order valence-electron chi connectivity index (χ3n) is 1.17. The molecule has 2 N–H and O–H groups in total. The molecule has 4 nitrogen and oxygen atoms in total. The summed E-state index contributed by atoms with van der Waals surface area (Å²) in [7, 11) is 0. The van der Waals surface area contributed by atoms with Gasteiger partial charge in [-0.3, -0.25) is 0 Å². The van der Waals surface area contributed by atoms with Crippen molar-refractivity contribution >= 4 is 39.9 Å². The fourth-order valence-corrected chi connectivity index (χ4v) is 1.22. The van der Waals surface area contributed by atoms with Gasteiger partial charge in [0, 0.05) is 0 Å². The second-order valence-electron chi connectivity index (χ2n) is 2.02. The molecule has 0 saturated carbocycles. The number of carboxylic acid groups (broad SMARTS) is 2. The minimum atomic E-state index is -1.23. The van der Waals surface area contributed by atoms with Crippen LogP contribution in [0.4, 0.5) is 0 Å². The quantitative estimate of drug-likeness (QED) is 0.432. The molecule has 0 unspecified atom stereocenters. The molecule has 0 saturated heterocycles. The van der Waals surface area contributed by atoms with Crippen molar-refractivity contribution in [3.63, 3.8) is 0 Å². The van der Waals surface area contributed by atoms with Gasteiger partial charge in [-0.1, -0.05) is 0 Å². The van der Waals surface area contributed by atoms with E-state index in [0.717, 1.165) is 27.9 Å². The fourth-order valence-electron chi connectivity index (χ4n) is 0.641. The van der Waals surface area contributed by atoms with E-state index < -0.39 is 17.9 Å². The Morgan fingerprint density at radius 3 is 1.80 bits per heavy atom. The number of carbonyl (C=O) groups is 2. The van der Waals surface area contributed by atoms with Crippen LogP contribution in [0.2, 0.25) is 3.67 Å². The van der Waals surface area contributed by atoms with E-state index in [2.05, 4.69) is 0 Å². The molecule has 0 aliphatic carbocycles. The normalized spacial score (nSPS) is 9.90. The third-order valence-corrected chi connectivity index (χ3v) is 1.75. The number of carboxylic acids is 2. The summed E-state index contributed by atoms with van der Waals surface area (Å²) in [6, 6.07) is 0. The average Bonchev–Trinajstić information content (AvgIpc) is 1.81. The second kappa shape index (κ2) is 4.71. The van der Waals surface area contributed by atoms with Gasteiger partial charge in [-0.2, -0.15) is 0 Å². The van der Waals surface area contributed by atoms with Crippen LogP contribution >= 0.6 is 0 Å². The van der Waals surface area contributed by atoms with Gasteiger partial charge in [-0.05, 0) is 0 Å². The molecule has 0 aromatic heterocycles. The first kappa shape index (κ1) is 9.94. The Kier molecular flexibility index (Phi) is 4.68. The standard InChI is InChI=1S/C5H7O4.Na/c1-2-3(4(6)7)5(8)9;/h3H,1-2H2,(H,6,7)(H,8,9);. The van der Waals surface area contributed by atoms with Crippen LogP contribution in [-0.2, 0) is 9.59 Å². The molecular weight excluding hydrogens is 147 g/mol. The van der Waals surface area contributed by atoms with E-state index in [9.17, 15) is 9.59 Å². The molecular formula is C5H7NaO4. The maximum absolute atomic E-state index is 10.2. The molecule has 0 aromatic carbocycles. The van der Waals surface area contributed by atoms with Crippen molar-refractivity contribution in [1.82, 2.24) is 0 Å². The predicted molar refractivity (Wildman–Crippen MR) is 33.9 cm³/mol. The average molecular weight is 154 g/mol. The van der Waals surface area contributed by atoms with Gasteiger partial charge in [-0.25, -0.2) is 0 Å². The monoisotopic (exact) mass is 154 g/mol. The van der Waals surface area contributed by atoms with Crippen LogP contribution in [0.1, 0.15) is 6.42 Å². The van der Waals surface area contributed by atoms with Crippen LogP contribution in [0, 0.1) is 5.92 Å². The van der Waals surface area contributed by atoms with Crippen molar-refractivity contribution in [2.24, 2.45) is 5.92 Å². The van der Waals surface area contributed by atoms with Gasteiger partial charge in [0.05, 0.1) is 0 Å². The zero-order chi connectivity index (χ0) is 8.15. The van der Waals surface area contributed by atoms with Crippen molar-refractivity contribution < 1.29 is 19.8 Å². The molecule has 0 aliphatic rings. The number of hydrogen-bond donors (Lipinski definition) is 2. The maximum atomic E-state index is 10.2. The van der Waals surface area contributed by atoms with Gasteiger partial charge in [0.25, 0.3) is 0 Å². The topological polar surface area (TPSA) is 74.6 Å². The van der Waals surface area contributed by atoms with E-state index in [4.69, 9.17) is 10.2 Å². The van der Waals surface area contributed by atoms with Gasteiger partial charge >= 0.3 is 75.7 Å². The Bertz CT molecular complexity index is 131. The first-order chi connectivity index (χ1) is 4.59. The van der Waals surface area contributed by atoms with Crippen LogP contribution < -0.4 is 0 Å². The third kappa shape index (κ3) is 3.20. The SMILES string of the molecule is O=C(O)C(C[CH2][Na])C(=O)O. The van der Waals surface area contributed by atoms with Crippen molar-refractivity contribution in [3.05, 3.63) is 0 Å². The zero-order valence-corrected chi connectivity index (χ0v) is 7.70. The van der Waals surface area contributed by atoms with Gasteiger partial charge in [-0.15, -0.1) is 0 Å². The molecule has 10 heavy (non-hydrogen) atoms. The number of rotatable bonds is 4. The Morgan fingerprint density at radius 1 is 1.30 bits per heavy atom. The van der Waals surface area contributed by atoms with E-state index >= 15 is 0 Å². The van der Waals surface area contributed by atoms with Gasteiger partial charge < -0.3 is 0 Å². The second-order valence-corrected chi connectivity index (χ2v) is 3.02. The molecule has 52 valence electrons. The Hall–Kier alpha value is -0.0600. The van der Waals surface area contributed by atoms with Crippen molar-refractivity contribution in [1.29, 1.82) is 0 Å². The van der Waals surface area contributed by atoms with Crippen LogP contribution in [0.15, 0.2) is 0 Å². The molecule has 0 heterocycles. The van der Waals surface area contributed by atoms with E-state index in [1.807, 2.05) is 0 Å². The Morgan fingerprint density at radius 2 is 1.70 bits per heavy atom. The first-order valence-corrected chi connectivity index (χ1v) is 4.46. The molecule has 5 heteroatoms. The molecule has 0 rings (SSSR count). The molecule has 0 amide bonds. The van der Waals surface area contributed by atoms with Crippen LogP contribution in [0.3, 0.4) is 0 Å². The predicted octanol–water partition coefficient (Wildman–Crippen LogP) is -0.251. The van der Waals surface area contributed by atoms with Gasteiger partial charge in [0.1, 0.15) is 0 Å². The molecule has 0 aliphatic heterocycles. The van der Waals surface area contributed by atoms with E-state index in [1.165, 1.54) is 0 Å². The van der Waals surface area contributed by atoms with Gasteiger partial charge in [0.15, 0.2) is 0 Å². The van der Waals surface area contributed by atoms with Crippen LogP contribution in [-0.4, -0.2) is 50.1 Å². The summed E-state index contributed by atoms with van der Waals surface area (Å²) >= 11 is 0.852. The van der Waals surface area contributed by atoms with Crippen molar-refractivity contribution in [3.8, 4) is 0 Å². The summed E-state index contributed by atoms with van der Waals surface area (Å²) in [4.78, 5) is 20.3. The zero-order valence-electron chi connectivity index (χ0n) is 5.70.